The molecule has 0 aliphatic carbocycles. The number of carbonyl (C=O) groups excluding carboxylic acids is 1. The number of hydrogen-bond acceptors (Lipinski definition) is 3. The van der Waals surface area contributed by atoms with Crippen molar-refractivity contribution in [2.45, 2.75) is 51.7 Å². The van der Waals surface area contributed by atoms with Gasteiger partial charge in [-0.05, 0) is 50.8 Å². The standard InChI is InChI=1S/C16H22O3/c1-12(17)3-5-14-6-9-15(10-7-14)18-11-16-8-4-13(2)19-16/h6-7,9-10,13,16H,3-5,8,11H2,1-2H3. The number of carbonyl (C=O) groups is 1. The van der Waals surface area contributed by atoms with Crippen molar-refractivity contribution in [1.29, 1.82) is 0 Å². The second-order valence-electron chi connectivity index (χ2n) is 5.30. The van der Waals surface area contributed by atoms with E-state index in [-0.39, 0.29) is 11.9 Å². The highest BCUT2D eigenvalue weighted by atomic mass is 16.5. The van der Waals surface area contributed by atoms with Crippen LogP contribution in [-0.2, 0) is 16.0 Å². The van der Waals surface area contributed by atoms with Crippen LogP contribution in [0.4, 0.5) is 0 Å². The van der Waals surface area contributed by atoms with E-state index in [4.69, 9.17) is 9.47 Å². The van der Waals surface area contributed by atoms with Crippen LogP contribution in [0.1, 0.15) is 38.7 Å². The van der Waals surface area contributed by atoms with E-state index >= 15 is 0 Å². The van der Waals surface area contributed by atoms with Gasteiger partial charge in [-0.2, -0.15) is 0 Å². The first-order chi connectivity index (χ1) is 9.13. The molecule has 0 saturated carbocycles. The van der Waals surface area contributed by atoms with Crippen molar-refractivity contribution in [3.05, 3.63) is 29.8 Å². The molecule has 1 heterocycles. The van der Waals surface area contributed by atoms with Crippen molar-refractivity contribution in [3.8, 4) is 5.75 Å². The second-order valence-corrected chi connectivity index (χ2v) is 5.30. The van der Waals surface area contributed by atoms with Gasteiger partial charge in [0.25, 0.3) is 0 Å². The van der Waals surface area contributed by atoms with Gasteiger partial charge in [0.05, 0.1) is 12.2 Å². The van der Waals surface area contributed by atoms with Gasteiger partial charge < -0.3 is 14.3 Å². The van der Waals surface area contributed by atoms with Gasteiger partial charge in [0.15, 0.2) is 0 Å². The van der Waals surface area contributed by atoms with E-state index in [0.717, 1.165) is 25.0 Å². The number of ketones is 1. The molecule has 3 heteroatoms. The molecule has 2 unspecified atom stereocenters. The maximum Gasteiger partial charge on any atom is 0.130 e. The summed E-state index contributed by atoms with van der Waals surface area (Å²) in [7, 11) is 0. The topological polar surface area (TPSA) is 35.5 Å². The average Bonchev–Trinajstić information content (AvgIpc) is 2.81. The Morgan fingerprint density at radius 1 is 1.32 bits per heavy atom. The van der Waals surface area contributed by atoms with Crippen LogP contribution in [-0.4, -0.2) is 24.6 Å². The van der Waals surface area contributed by atoms with Crippen molar-refractivity contribution < 1.29 is 14.3 Å². The summed E-state index contributed by atoms with van der Waals surface area (Å²) in [5.41, 5.74) is 1.17. The Morgan fingerprint density at radius 2 is 2.05 bits per heavy atom. The van der Waals surface area contributed by atoms with Gasteiger partial charge in [-0.1, -0.05) is 12.1 Å². The molecule has 1 aromatic rings. The molecule has 2 rings (SSSR count). The van der Waals surface area contributed by atoms with Crippen LogP contribution in [0.15, 0.2) is 24.3 Å². The fourth-order valence-electron chi connectivity index (χ4n) is 2.27. The van der Waals surface area contributed by atoms with E-state index in [1.54, 1.807) is 6.92 Å². The highest BCUT2D eigenvalue weighted by Crippen LogP contribution is 2.21. The van der Waals surface area contributed by atoms with Crippen molar-refractivity contribution in [1.82, 2.24) is 0 Å². The first-order valence-electron chi connectivity index (χ1n) is 7.00. The van der Waals surface area contributed by atoms with Crippen molar-refractivity contribution >= 4 is 5.78 Å². The molecule has 0 bridgehead atoms. The van der Waals surface area contributed by atoms with E-state index in [1.807, 2.05) is 24.3 Å². The van der Waals surface area contributed by atoms with E-state index in [1.165, 1.54) is 5.56 Å². The zero-order valence-electron chi connectivity index (χ0n) is 11.7. The second kappa shape index (κ2) is 6.71. The highest BCUT2D eigenvalue weighted by molar-refractivity contribution is 5.75. The zero-order valence-corrected chi connectivity index (χ0v) is 11.7. The van der Waals surface area contributed by atoms with Gasteiger partial charge in [-0.3, -0.25) is 0 Å². The third-order valence-electron chi connectivity index (χ3n) is 3.44. The van der Waals surface area contributed by atoms with Crippen LogP contribution in [0.25, 0.3) is 0 Å². The number of aryl methyl sites for hydroxylation is 1. The zero-order chi connectivity index (χ0) is 13.7. The third kappa shape index (κ3) is 4.67. The summed E-state index contributed by atoms with van der Waals surface area (Å²) >= 11 is 0. The summed E-state index contributed by atoms with van der Waals surface area (Å²) < 4.78 is 11.4. The summed E-state index contributed by atoms with van der Waals surface area (Å²) in [6.45, 7) is 4.35. The minimum absolute atomic E-state index is 0.229. The van der Waals surface area contributed by atoms with E-state index in [2.05, 4.69) is 6.92 Å². The molecule has 0 radical (unpaired) electrons. The normalized spacial score (nSPS) is 22.4. The van der Waals surface area contributed by atoms with Crippen LogP contribution < -0.4 is 4.74 Å². The molecular weight excluding hydrogens is 240 g/mol. The molecule has 1 fully saturated rings. The van der Waals surface area contributed by atoms with Gasteiger partial charge in [-0.15, -0.1) is 0 Å². The van der Waals surface area contributed by atoms with Gasteiger partial charge in [0, 0.05) is 6.42 Å². The Morgan fingerprint density at radius 3 is 2.63 bits per heavy atom. The lowest BCUT2D eigenvalue weighted by Gasteiger charge is -2.13. The molecule has 104 valence electrons. The number of hydrogen-bond donors (Lipinski definition) is 0. The molecule has 0 N–H and O–H groups in total. The van der Waals surface area contributed by atoms with E-state index < -0.39 is 0 Å². The Kier molecular flexibility index (Phi) is 4.97. The first kappa shape index (κ1) is 14.1. The quantitative estimate of drug-likeness (QED) is 0.790. The molecule has 1 aliphatic heterocycles. The maximum absolute atomic E-state index is 10.9. The molecule has 0 aromatic heterocycles. The number of benzene rings is 1. The Labute approximate surface area is 114 Å². The Balaban J connectivity index is 1.76. The smallest absolute Gasteiger partial charge is 0.130 e. The predicted octanol–water partition coefficient (Wildman–Crippen LogP) is 3.15. The SMILES string of the molecule is CC(=O)CCc1ccc(OCC2CCC(C)O2)cc1. The summed E-state index contributed by atoms with van der Waals surface area (Å²) in [5.74, 6) is 1.10. The molecule has 1 saturated heterocycles. The van der Waals surface area contributed by atoms with Crippen molar-refractivity contribution in [2.75, 3.05) is 6.61 Å². The number of ether oxygens (including phenoxy) is 2. The monoisotopic (exact) mass is 262 g/mol. The summed E-state index contributed by atoms with van der Waals surface area (Å²) in [5, 5.41) is 0. The van der Waals surface area contributed by atoms with Crippen LogP contribution >= 0.6 is 0 Å². The minimum Gasteiger partial charge on any atom is -0.491 e. The van der Waals surface area contributed by atoms with Crippen LogP contribution in [0, 0.1) is 0 Å². The fraction of sp³-hybridized carbons (Fsp3) is 0.562. The van der Waals surface area contributed by atoms with Gasteiger partial charge in [-0.25, -0.2) is 0 Å². The van der Waals surface area contributed by atoms with Crippen LogP contribution in [0.5, 0.6) is 5.75 Å². The summed E-state index contributed by atoms with van der Waals surface area (Å²) in [4.78, 5) is 10.9. The van der Waals surface area contributed by atoms with Gasteiger partial charge in [0.2, 0.25) is 0 Å². The summed E-state index contributed by atoms with van der Waals surface area (Å²) in [6.07, 6.45) is 4.21. The first-order valence-corrected chi connectivity index (χ1v) is 7.00. The molecule has 0 spiro atoms. The average molecular weight is 262 g/mol. The highest BCUT2D eigenvalue weighted by Gasteiger charge is 2.22. The van der Waals surface area contributed by atoms with Gasteiger partial charge >= 0.3 is 0 Å². The molecular formula is C16H22O3. The lowest BCUT2D eigenvalue weighted by Crippen LogP contribution is -2.17. The molecule has 19 heavy (non-hydrogen) atoms. The van der Waals surface area contributed by atoms with E-state index in [9.17, 15) is 4.79 Å². The summed E-state index contributed by atoms with van der Waals surface area (Å²) in [6, 6.07) is 7.98. The van der Waals surface area contributed by atoms with Crippen LogP contribution in [0.2, 0.25) is 0 Å². The lowest BCUT2D eigenvalue weighted by atomic mass is 10.1. The number of rotatable bonds is 6. The minimum atomic E-state index is 0.229. The number of Topliss-reactive ketones (excluding diaryl/α,β-unsaturated/α-hetero) is 1. The Bertz CT molecular complexity index is 411. The predicted molar refractivity (Wildman–Crippen MR) is 74.5 cm³/mol. The molecule has 2 atom stereocenters. The van der Waals surface area contributed by atoms with Crippen molar-refractivity contribution in [3.63, 3.8) is 0 Å². The third-order valence-corrected chi connectivity index (χ3v) is 3.44. The lowest BCUT2D eigenvalue weighted by molar-refractivity contribution is -0.116. The largest absolute Gasteiger partial charge is 0.491 e. The molecule has 1 aliphatic rings. The fourth-order valence-corrected chi connectivity index (χ4v) is 2.27. The molecule has 3 nitrogen and oxygen atoms in total. The van der Waals surface area contributed by atoms with Gasteiger partial charge in [0.1, 0.15) is 18.1 Å². The molecule has 0 amide bonds. The van der Waals surface area contributed by atoms with E-state index in [0.29, 0.717) is 19.1 Å². The van der Waals surface area contributed by atoms with Crippen molar-refractivity contribution in [2.24, 2.45) is 0 Å². The Hall–Kier alpha value is -1.35. The molecule has 1 aromatic carbocycles. The maximum atomic E-state index is 10.9. The van der Waals surface area contributed by atoms with Crippen LogP contribution in [0.3, 0.4) is 0 Å².